The first kappa shape index (κ1) is 11.9. The lowest BCUT2D eigenvalue weighted by Gasteiger charge is -2.05. The molecule has 0 saturated carbocycles. The van der Waals surface area contributed by atoms with Gasteiger partial charge in [-0.15, -0.1) is 11.8 Å². The molecule has 0 aliphatic rings. The van der Waals surface area contributed by atoms with Crippen LogP contribution in [0.1, 0.15) is 11.3 Å². The normalized spacial score (nSPS) is 10.5. The molecule has 0 amide bonds. The minimum Gasteiger partial charge on any atom is -0.399 e. The molecule has 0 fully saturated rings. The zero-order valence-electron chi connectivity index (χ0n) is 9.48. The quantitative estimate of drug-likeness (QED) is 0.668. The van der Waals surface area contributed by atoms with Crippen molar-refractivity contribution in [1.82, 2.24) is 4.98 Å². The van der Waals surface area contributed by atoms with Crippen LogP contribution in [0, 0.1) is 12.7 Å². The van der Waals surface area contributed by atoms with Crippen molar-refractivity contribution in [1.29, 1.82) is 0 Å². The topological polar surface area (TPSA) is 38.9 Å². The van der Waals surface area contributed by atoms with Gasteiger partial charge in [0.1, 0.15) is 5.82 Å². The number of pyridine rings is 1. The molecule has 17 heavy (non-hydrogen) atoms. The Bertz CT molecular complexity index is 529. The van der Waals surface area contributed by atoms with E-state index in [0.717, 1.165) is 11.3 Å². The number of benzene rings is 1. The van der Waals surface area contributed by atoms with Crippen LogP contribution in [0.4, 0.5) is 10.1 Å². The van der Waals surface area contributed by atoms with Gasteiger partial charge in [0.2, 0.25) is 0 Å². The van der Waals surface area contributed by atoms with Crippen LogP contribution in [0.5, 0.6) is 0 Å². The smallest absolute Gasteiger partial charge is 0.138 e. The second-order valence-corrected chi connectivity index (χ2v) is 4.76. The van der Waals surface area contributed by atoms with Crippen molar-refractivity contribution in [3.8, 4) is 0 Å². The molecule has 0 saturated heterocycles. The van der Waals surface area contributed by atoms with Crippen LogP contribution in [0.3, 0.4) is 0 Å². The summed E-state index contributed by atoms with van der Waals surface area (Å²) in [6.45, 7) is 2.00. The standard InChI is InChI=1S/C13H13FN2S/c1-9-3-2-6-16-12(9)8-17-13-5-4-10(15)7-11(13)14/h2-7H,8,15H2,1H3. The Morgan fingerprint density at radius 1 is 1.35 bits per heavy atom. The number of halogens is 1. The van der Waals surface area contributed by atoms with Gasteiger partial charge in [-0.1, -0.05) is 6.07 Å². The molecule has 0 spiro atoms. The Hall–Kier alpha value is -1.55. The monoisotopic (exact) mass is 248 g/mol. The van der Waals surface area contributed by atoms with E-state index in [1.54, 1.807) is 18.3 Å². The maximum absolute atomic E-state index is 13.5. The summed E-state index contributed by atoms with van der Waals surface area (Å²) in [4.78, 5) is 4.87. The van der Waals surface area contributed by atoms with E-state index >= 15 is 0 Å². The molecule has 4 heteroatoms. The second kappa shape index (κ2) is 5.19. The van der Waals surface area contributed by atoms with E-state index < -0.39 is 0 Å². The highest BCUT2D eigenvalue weighted by Crippen LogP contribution is 2.26. The van der Waals surface area contributed by atoms with Crippen LogP contribution in [0.15, 0.2) is 41.4 Å². The molecule has 1 aromatic heterocycles. The molecule has 0 atom stereocenters. The number of aryl methyl sites for hydroxylation is 1. The summed E-state index contributed by atoms with van der Waals surface area (Å²) < 4.78 is 13.5. The number of nitrogens with zero attached hydrogens (tertiary/aromatic N) is 1. The third kappa shape index (κ3) is 2.97. The minimum atomic E-state index is -0.274. The predicted octanol–water partition coefficient (Wildman–Crippen LogP) is 3.40. The van der Waals surface area contributed by atoms with Crippen molar-refractivity contribution >= 4 is 17.4 Å². The van der Waals surface area contributed by atoms with Gasteiger partial charge in [-0.25, -0.2) is 4.39 Å². The van der Waals surface area contributed by atoms with Gasteiger partial charge >= 0.3 is 0 Å². The maximum atomic E-state index is 13.5. The largest absolute Gasteiger partial charge is 0.399 e. The fraction of sp³-hybridized carbons (Fsp3) is 0.154. The lowest BCUT2D eigenvalue weighted by Crippen LogP contribution is -1.92. The third-order valence-corrected chi connectivity index (χ3v) is 3.50. The molecule has 0 aliphatic carbocycles. The summed E-state index contributed by atoms with van der Waals surface area (Å²) in [5.41, 5.74) is 8.04. The molecule has 0 bridgehead atoms. The summed E-state index contributed by atoms with van der Waals surface area (Å²) in [7, 11) is 0. The lowest BCUT2D eigenvalue weighted by atomic mass is 10.2. The molecule has 1 aromatic carbocycles. The number of anilines is 1. The van der Waals surface area contributed by atoms with E-state index in [2.05, 4.69) is 4.98 Å². The molecule has 88 valence electrons. The van der Waals surface area contributed by atoms with Gasteiger partial charge in [0.15, 0.2) is 0 Å². The van der Waals surface area contributed by atoms with Crippen molar-refractivity contribution in [2.24, 2.45) is 0 Å². The number of nitrogen functional groups attached to an aromatic ring is 1. The van der Waals surface area contributed by atoms with Gasteiger partial charge in [0, 0.05) is 22.5 Å². The minimum absolute atomic E-state index is 0.274. The molecule has 0 radical (unpaired) electrons. The second-order valence-electron chi connectivity index (χ2n) is 3.75. The fourth-order valence-corrected chi connectivity index (χ4v) is 2.41. The Morgan fingerprint density at radius 3 is 2.88 bits per heavy atom. The molecule has 0 aliphatic heterocycles. The summed E-state index contributed by atoms with van der Waals surface area (Å²) >= 11 is 1.43. The van der Waals surface area contributed by atoms with Crippen LogP contribution in [0.25, 0.3) is 0 Å². The molecule has 1 heterocycles. The van der Waals surface area contributed by atoms with Gasteiger partial charge < -0.3 is 5.73 Å². The van der Waals surface area contributed by atoms with Gasteiger partial charge in [0.25, 0.3) is 0 Å². The predicted molar refractivity (Wildman–Crippen MR) is 69.3 cm³/mol. The lowest BCUT2D eigenvalue weighted by molar-refractivity contribution is 0.602. The molecular formula is C13H13FN2S. The summed E-state index contributed by atoms with van der Waals surface area (Å²) in [6.07, 6.45) is 1.75. The van der Waals surface area contributed by atoms with E-state index in [9.17, 15) is 4.39 Å². The zero-order chi connectivity index (χ0) is 12.3. The number of aromatic nitrogens is 1. The van der Waals surface area contributed by atoms with Gasteiger partial charge in [0.05, 0.1) is 5.69 Å². The number of thioether (sulfide) groups is 1. The number of hydrogen-bond acceptors (Lipinski definition) is 3. The highest BCUT2D eigenvalue weighted by atomic mass is 32.2. The van der Waals surface area contributed by atoms with E-state index in [-0.39, 0.29) is 5.82 Å². The fourth-order valence-electron chi connectivity index (χ4n) is 1.45. The molecule has 2 aromatic rings. The molecular weight excluding hydrogens is 235 g/mol. The molecule has 2 rings (SSSR count). The van der Waals surface area contributed by atoms with Crippen LogP contribution in [-0.2, 0) is 5.75 Å². The first-order valence-electron chi connectivity index (χ1n) is 5.25. The van der Waals surface area contributed by atoms with Crippen molar-refractivity contribution in [2.45, 2.75) is 17.6 Å². The van der Waals surface area contributed by atoms with E-state index in [0.29, 0.717) is 16.3 Å². The first-order valence-corrected chi connectivity index (χ1v) is 6.23. The van der Waals surface area contributed by atoms with Crippen LogP contribution in [-0.4, -0.2) is 4.98 Å². The van der Waals surface area contributed by atoms with E-state index in [4.69, 9.17) is 5.73 Å². The van der Waals surface area contributed by atoms with Crippen molar-refractivity contribution < 1.29 is 4.39 Å². The van der Waals surface area contributed by atoms with Crippen LogP contribution < -0.4 is 5.73 Å². The number of nitrogens with two attached hydrogens (primary N) is 1. The van der Waals surface area contributed by atoms with Gasteiger partial charge in [-0.05, 0) is 36.8 Å². The SMILES string of the molecule is Cc1cccnc1CSc1ccc(N)cc1F. The van der Waals surface area contributed by atoms with Crippen LogP contribution >= 0.6 is 11.8 Å². The summed E-state index contributed by atoms with van der Waals surface area (Å²) in [5, 5.41) is 0. The average molecular weight is 248 g/mol. The average Bonchev–Trinajstić information content (AvgIpc) is 2.30. The van der Waals surface area contributed by atoms with E-state index in [1.165, 1.54) is 17.8 Å². The highest BCUT2D eigenvalue weighted by Gasteiger charge is 2.05. The molecule has 2 N–H and O–H groups in total. The van der Waals surface area contributed by atoms with Crippen molar-refractivity contribution in [3.63, 3.8) is 0 Å². The zero-order valence-corrected chi connectivity index (χ0v) is 10.3. The maximum Gasteiger partial charge on any atom is 0.138 e. The summed E-state index contributed by atoms with van der Waals surface area (Å²) in [5.74, 6) is 0.386. The van der Waals surface area contributed by atoms with Crippen LogP contribution in [0.2, 0.25) is 0 Å². The number of hydrogen-bond donors (Lipinski definition) is 1. The highest BCUT2D eigenvalue weighted by molar-refractivity contribution is 7.98. The Kier molecular flexibility index (Phi) is 3.64. The van der Waals surface area contributed by atoms with Crippen molar-refractivity contribution in [3.05, 3.63) is 53.6 Å². The first-order chi connectivity index (χ1) is 8.16. The molecule has 0 unspecified atom stereocenters. The number of rotatable bonds is 3. The Morgan fingerprint density at radius 2 is 2.18 bits per heavy atom. The summed E-state index contributed by atoms with van der Waals surface area (Å²) in [6, 6.07) is 8.65. The van der Waals surface area contributed by atoms with E-state index in [1.807, 2.05) is 19.1 Å². The van der Waals surface area contributed by atoms with Gasteiger partial charge in [-0.3, -0.25) is 4.98 Å². The van der Waals surface area contributed by atoms with Crippen molar-refractivity contribution in [2.75, 3.05) is 5.73 Å². The Labute approximate surface area is 104 Å². The Balaban J connectivity index is 2.10. The third-order valence-electron chi connectivity index (χ3n) is 2.44. The molecule has 2 nitrogen and oxygen atoms in total. The van der Waals surface area contributed by atoms with Gasteiger partial charge in [-0.2, -0.15) is 0 Å².